The van der Waals surface area contributed by atoms with E-state index in [4.69, 9.17) is 11.6 Å². The van der Waals surface area contributed by atoms with Crippen LogP contribution in [0.3, 0.4) is 0 Å². The number of rotatable bonds is 6. The van der Waals surface area contributed by atoms with E-state index in [-0.39, 0.29) is 0 Å². The lowest BCUT2D eigenvalue weighted by atomic mass is 10.1. The van der Waals surface area contributed by atoms with Crippen LogP contribution in [0.2, 0.25) is 5.02 Å². The van der Waals surface area contributed by atoms with E-state index in [1.165, 1.54) is 5.56 Å². The molecular formula is C21H17ClN4S. The molecular weight excluding hydrogens is 376 g/mol. The van der Waals surface area contributed by atoms with Crippen molar-refractivity contribution in [2.45, 2.75) is 17.5 Å². The molecule has 0 saturated carbocycles. The lowest BCUT2D eigenvalue weighted by Gasteiger charge is -2.08. The van der Waals surface area contributed by atoms with Crippen molar-refractivity contribution in [3.05, 3.63) is 84.0 Å². The highest BCUT2D eigenvalue weighted by Crippen LogP contribution is 2.28. The van der Waals surface area contributed by atoms with Crippen molar-refractivity contribution in [1.82, 2.24) is 19.7 Å². The first kappa shape index (κ1) is 17.8. The van der Waals surface area contributed by atoms with Crippen LogP contribution in [0, 0.1) is 0 Å². The average molecular weight is 393 g/mol. The minimum atomic E-state index is 0.649. The fourth-order valence-electron chi connectivity index (χ4n) is 2.85. The smallest absolute Gasteiger partial charge is 0.192 e. The van der Waals surface area contributed by atoms with Crippen molar-refractivity contribution in [3.63, 3.8) is 0 Å². The monoisotopic (exact) mass is 392 g/mol. The molecule has 0 amide bonds. The van der Waals surface area contributed by atoms with Crippen LogP contribution in [0.5, 0.6) is 0 Å². The Bertz CT molecular complexity index is 1090. The van der Waals surface area contributed by atoms with Gasteiger partial charge in [0.1, 0.15) is 0 Å². The first-order chi connectivity index (χ1) is 13.2. The second-order valence-electron chi connectivity index (χ2n) is 6.03. The fourth-order valence-corrected chi connectivity index (χ4v) is 3.88. The summed E-state index contributed by atoms with van der Waals surface area (Å²) in [6.07, 6.45) is 3.66. The van der Waals surface area contributed by atoms with E-state index in [0.29, 0.717) is 6.54 Å². The van der Waals surface area contributed by atoms with Gasteiger partial charge < -0.3 is 0 Å². The van der Waals surface area contributed by atoms with Crippen molar-refractivity contribution < 1.29 is 0 Å². The number of fused-ring (bicyclic) bond motifs is 1. The van der Waals surface area contributed by atoms with Crippen molar-refractivity contribution in [1.29, 1.82) is 0 Å². The maximum absolute atomic E-state index is 5.96. The van der Waals surface area contributed by atoms with Crippen molar-refractivity contribution >= 4 is 34.3 Å². The quantitative estimate of drug-likeness (QED) is 0.315. The lowest BCUT2D eigenvalue weighted by molar-refractivity contribution is 0.731. The summed E-state index contributed by atoms with van der Waals surface area (Å²) in [4.78, 5) is 4.38. The summed E-state index contributed by atoms with van der Waals surface area (Å²) >= 11 is 7.61. The zero-order valence-electron chi connectivity index (χ0n) is 14.5. The van der Waals surface area contributed by atoms with Gasteiger partial charge in [0.2, 0.25) is 0 Å². The minimum absolute atomic E-state index is 0.649. The first-order valence-electron chi connectivity index (χ1n) is 8.51. The molecule has 6 heteroatoms. The van der Waals surface area contributed by atoms with Gasteiger partial charge in [0.25, 0.3) is 0 Å². The van der Waals surface area contributed by atoms with E-state index in [9.17, 15) is 0 Å². The topological polar surface area (TPSA) is 43.6 Å². The summed E-state index contributed by atoms with van der Waals surface area (Å²) in [6, 6.07) is 18.0. The van der Waals surface area contributed by atoms with Crippen molar-refractivity contribution in [2.24, 2.45) is 0 Å². The van der Waals surface area contributed by atoms with E-state index in [1.807, 2.05) is 48.5 Å². The molecule has 0 spiro atoms. The number of nitrogens with zero attached hydrogens (tertiary/aromatic N) is 4. The average Bonchev–Trinajstić information content (AvgIpc) is 3.10. The molecule has 0 unspecified atom stereocenters. The second-order valence-corrected chi connectivity index (χ2v) is 7.41. The Kier molecular flexibility index (Phi) is 5.23. The molecule has 4 nitrogen and oxygen atoms in total. The number of allylic oxidation sites excluding steroid dienone is 1. The summed E-state index contributed by atoms with van der Waals surface area (Å²) in [5.74, 6) is 1.63. The molecule has 0 aliphatic heterocycles. The minimum Gasteiger partial charge on any atom is -0.298 e. The molecule has 0 bridgehead atoms. The fraction of sp³-hybridized carbons (Fsp3) is 0.0952. The van der Waals surface area contributed by atoms with Gasteiger partial charge in [-0.1, -0.05) is 47.6 Å². The highest BCUT2D eigenvalue weighted by atomic mass is 35.5. The van der Waals surface area contributed by atoms with Crippen LogP contribution < -0.4 is 0 Å². The highest BCUT2D eigenvalue weighted by molar-refractivity contribution is 7.98. The predicted molar refractivity (Wildman–Crippen MR) is 112 cm³/mol. The molecule has 27 heavy (non-hydrogen) atoms. The number of halogens is 1. The molecule has 0 aliphatic rings. The molecule has 4 rings (SSSR count). The summed E-state index contributed by atoms with van der Waals surface area (Å²) in [6.45, 7) is 4.53. The SMILES string of the molecule is C=CCn1c(SCc2ccc(Cl)cc2)nnc1-c1ccc2ncccc2c1. The van der Waals surface area contributed by atoms with Crippen molar-refractivity contribution in [2.75, 3.05) is 0 Å². The molecule has 2 heterocycles. The molecule has 134 valence electrons. The van der Waals surface area contributed by atoms with Crippen LogP contribution in [0.1, 0.15) is 5.56 Å². The zero-order valence-corrected chi connectivity index (χ0v) is 16.1. The molecule has 0 aliphatic carbocycles. The maximum atomic E-state index is 5.96. The molecule has 0 atom stereocenters. The van der Waals surface area contributed by atoms with E-state index >= 15 is 0 Å². The normalized spacial score (nSPS) is 11.0. The van der Waals surface area contributed by atoms with E-state index in [1.54, 1.807) is 18.0 Å². The molecule has 0 N–H and O–H groups in total. The Morgan fingerprint density at radius 1 is 1.07 bits per heavy atom. The molecule has 0 fully saturated rings. The number of hydrogen-bond donors (Lipinski definition) is 0. The number of hydrogen-bond acceptors (Lipinski definition) is 4. The van der Waals surface area contributed by atoms with Crippen LogP contribution in [-0.2, 0) is 12.3 Å². The molecule has 2 aromatic heterocycles. The zero-order chi connectivity index (χ0) is 18.6. The largest absolute Gasteiger partial charge is 0.298 e. The molecule has 4 aromatic rings. The highest BCUT2D eigenvalue weighted by Gasteiger charge is 2.14. The molecule has 0 radical (unpaired) electrons. The third kappa shape index (κ3) is 3.89. The van der Waals surface area contributed by atoms with Crippen LogP contribution >= 0.6 is 23.4 Å². The van der Waals surface area contributed by atoms with Crippen LogP contribution in [0.25, 0.3) is 22.3 Å². The predicted octanol–water partition coefficient (Wildman–Crippen LogP) is 5.63. The van der Waals surface area contributed by atoms with Gasteiger partial charge in [-0.05, 0) is 42.0 Å². The van der Waals surface area contributed by atoms with Crippen LogP contribution in [0.4, 0.5) is 0 Å². The third-order valence-corrected chi connectivity index (χ3v) is 5.46. The molecule has 2 aromatic carbocycles. The Morgan fingerprint density at radius 3 is 2.74 bits per heavy atom. The van der Waals surface area contributed by atoms with Crippen molar-refractivity contribution in [3.8, 4) is 11.4 Å². The van der Waals surface area contributed by atoms with Gasteiger partial charge in [-0.2, -0.15) is 0 Å². The van der Waals surface area contributed by atoms with Crippen LogP contribution in [0.15, 0.2) is 78.6 Å². The van der Waals surface area contributed by atoms with E-state index in [0.717, 1.165) is 38.2 Å². The third-order valence-electron chi connectivity index (χ3n) is 4.17. The standard InChI is InChI=1S/C21H17ClN4S/c1-2-12-26-20(17-7-10-19-16(13-17)4-3-11-23-19)24-25-21(26)27-14-15-5-8-18(22)9-6-15/h2-11,13H,1,12,14H2. The van der Waals surface area contributed by atoms with Gasteiger partial charge in [-0.15, -0.1) is 16.8 Å². The summed E-state index contributed by atoms with van der Waals surface area (Å²) < 4.78 is 2.09. The molecule has 0 saturated heterocycles. The van der Waals surface area contributed by atoms with E-state index < -0.39 is 0 Å². The Hall–Kier alpha value is -2.63. The van der Waals surface area contributed by atoms with Gasteiger partial charge in [-0.25, -0.2) is 0 Å². The van der Waals surface area contributed by atoms with Crippen LogP contribution in [-0.4, -0.2) is 19.7 Å². The lowest BCUT2D eigenvalue weighted by Crippen LogP contribution is -2.00. The van der Waals surface area contributed by atoms with Gasteiger partial charge in [0.15, 0.2) is 11.0 Å². The Balaban J connectivity index is 1.64. The Morgan fingerprint density at radius 2 is 1.93 bits per heavy atom. The summed E-state index contributed by atoms with van der Waals surface area (Å²) in [5.41, 5.74) is 3.17. The Labute approximate surface area is 166 Å². The number of pyridine rings is 1. The van der Waals surface area contributed by atoms with Gasteiger partial charge in [0, 0.05) is 34.5 Å². The second kappa shape index (κ2) is 7.94. The van der Waals surface area contributed by atoms with Gasteiger partial charge >= 0.3 is 0 Å². The maximum Gasteiger partial charge on any atom is 0.192 e. The first-order valence-corrected chi connectivity index (χ1v) is 9.87. The van der Waals surface area contributed by atoms with Gasteiger partial charge in [0.05, 0.1) is 5.52 Å². The summed E-state index contributed by atoms with van der Waals surface area (Å²) in [5, 5.41) is 11.5. The summed E-state index contributed by atoms with van der Waals surface area (Å²) in [7, 11) is 0. The van der Waals surface area contributed by atoms with Gasteiger partial charge in [-0.3, -0.25) is 9.55 Å². The van der Waals surface area contributed by atoms with E-state index in [2.05, 4.69) is 38.5 Å². The number of thioether (sulfide) groups is 1. The number of aromatic nitrogens is 4. The number of benzene rings is 2.